The fourth-order valence-electron chi connectivity index (χ4n) is 4.03. The van der Waals surface area contributed by atoms with Gasteiger partial charge >= 0.3 is 29.6 Å². The Morgan fingerprint density at radius 3 is 2.44 bits per heavy atom. The molecule has 0 bridgehead atoms. The predicted octanol–water partition coefficient (Wildman–Crippen LogP) is -3.39. The van der Waals surface area contributed by atoms with Crippen molar-refractivity contribution in [2.75, 3.05) is 12.4 Å². The fourth-order valence-corrected chi connectivity index (χ4v) is 4.23. The van der Waals surface area contributed by atoms with Crippen LogP contribution in [0.5, 0.6) is 0 Å². The van der Waals surface area contributed by atoms with Gasteiger partial charge in [0.2, 0.25) is 11.7 Å². The van der Waals surface area contributed by atoms with E-state index >= 15 is 0 Å². The Kier molecular flexibility index (Phi) is 13.4. The van der Waals surface area contributed by atoms with Crippen molar-refractivity contribution < 1.29 is 82.6 Å². The maximum absolute atomic E-state index is 14.1. The minimum Gasteiger partial charge on any atom is -0.544 e. The Bertz CT molecular complexity index is 1230. The van der Waals surface area contributed by atoms with Crippen LogP contribution in [0.3, 0.4) is 0 Å². The topological polar surface area (TPSA) is 177 Å². The van der Waals surface area contributed by atoms with Gasteiger partial charge in [0.1, 0.15) is 24.1 Å². The summed E-state index contributed by atoms with van der Waals surface area (Å²) in [6, 6.07) is 7.30. The maximum atomic E-state index is 14.1. The second kappa shape index (κ2) is 15.5. The molecular weight excluding hydrogens is 604 g/mol. The number of hydrogen-bond acceptors (Lipinski definition) is 9. The molecule has 1 saturated heterocycles. The third-order valence-corrected chi connectivity index (χ3v) is 6.63. The summed E-state index contributed by atoms with van der Waals surface area (Å²) < 4.78 is 38.5. The summed E-state index contributed by atoms with van der Waals surface area (Å²) in [7, 11) is 0. The first-order chi connectivity index (χ1) is 18.9. The van der Waals surface area contributed by atoms with Crippen LogP contribution in [0.25, 0.3) is 0 Å². The largest absolute Gasteiger partial charge is 1.00 e. The number of carbonyl (C=O) groups is 3. The van der Waals surface area contributed by atoms with Gasteiger partial charge in [0.05, 0.1) is 24.9 Å². The number of aliphatic hydroxyl groups is 3. The zero-order valence-corrected chi connectivity index (χ0v) is 25.1. The third-order valence-electron chi connectivity index (χ3n) is 6.13. The molecule has 0 saturated carbocycles. The smallest absolute Gasteiger partial charge is 0.544 e. The number of hydrogen-bond donors (Lipinski definition) is 5. The molecule has 41 heavy (non-hydrogen) atoms. The molecule has 218 valence electrons. The van der Waals surface area contributed by atoms with Crippen molar-refractivity contribution in [3.63, 3.8) is 0 Å². The number of amides is 2. The predicted molar refractivity (Wildman–Crippen MR) is 133 cm³/mol. The molecule has 0 unspecified atom stereocenters. The van der Waals surface area contributed by atoms with Gasteiger partial charge in [0.25, 0.3) is 5.91 Å². The average molecular weight is 629 g/mol. The van der Waals surface area contributed by atoms with E-state index in [-0.39, 0.29) is 35.1 Å². The van der Waals surface area contributed by atoms with Crippen LogP contribution in [-0.2, 0) is 25.7 Å². The molecule has 1 aliphatic rings. The summed E-state index contributed by atoms with van der Waals surface area (Å²) >= 11 is 11.3. The summed E-state index contributed by atoms with van der Waals surface area (Å²) in [5.41, 5.74) is -0.213. The first-order valence-corrected chi connectivity index (χ1v) is 12.7. The van der Waals surface area contributed by atoms with E-state index < -0.39 is 96.7 Å². The van der Waals surface area contributed by atoms with Gasteiger partial charge in [-0.1, -0.05) is 23.7 Å². The molecule has 0 radical (unpaired) electrons. The van der Waals surface area contributed by atoms with Gasteiger partial charge in [-0.3, -0.25) is 9.59 Å². The van der Waals surface area contributed by atoms with Crippen molar-refractivity contribution in [1.82, 2.24) is 10.6 Å². The summed E-state index contributed by atoms with van der Waals surface area (Å²) in [4.78, 5) is 36.5. The molecule has 1 heterocycles. The number of aliphatic carboxylic acids is 1. The zero-order chi connectivity index (χ0) is 29.6. The molecule has 0 spiro atoms. The van der Waals surface area contributed by atoms with Crippen LogP contribution in [0.1, 0.15) is 22.3 Å². The van der Waals surface area contributed by atoms with Gasteiger partial charge in [0, 0.05) is 29.1 Å². The number of carboxylic acid groups (broad SMARTS) is 1. The van der Waals surface area contributed by atoms with Crippen molar-refractivity contribution >= 4 is 41.0 Å². The molecular formula is C25H25Cl2F2N2NaO9. The number of ether oxygens (including phenoxy) is 2. The van der Waals surface area contributed by atoms with E-state index in [1.165, 1.54) is 24.3 Å². The molecule has 16 heteroatoms. The van der Waals surface area contributed by atoms with E-state index in [4.69, 9.17) is 32.7 Å². The summed E-state index contributed by atoms with van der Waals surface area (Å²) in [6.45, 7) is -1.44. The normalized spacial score (nSPS) is 23.5. The Hall–Kier alpha value is -1.91. The standard InChI is InChI=1S/C25H26Cl2F2N2O9.Na/c26-9-18(34)31-20-16(32)8-25(24(37)38,39-11-13-2-1-3-15(28)19(13)29)40-22(20)21(35)17(33)10-30-23(36)12-4-6-14(27)7-5-12;/h1-7,16-17,20-22,32-33,35H,8-11H2,(H,30,36)(H,31,34)(H,37,38);/q;+1/p-1/t16-,17+,20+,21+,22+,25+;/m0./s1. The number of halogens is 4. The molecule has 1 aliphatic heterocycles. The van der Waals surface area contributed by atoms with Gasteiger partial charge < -0.3 is 45.3 Å². The van der Waals surface area contributed by atoms with E-state index in [0.29, 0.717) is 5.02 Å². The zero-order valence-electron chi connectivity index (χ0n) is 21.6. The van der Waals surface area contributed by atoms with Crippen molar-refractivity contribution in [1.29, 1.82) is 0 Å². The molecule has 2 amide bonds. The average Bonchev–Trinajstić information content (AvgIpc) is 2.93. The minimum absolute atomic E-state index is 0. The maximum Gasteiger partial charge on any atom is 1.00 e. The molecule has 3 rings (SSSR count). The van der Waals surface area contributed by atoms with E-state index in [1.807, 2.05) is 0 Å². The van der Waals surface area contributed by atoms with E-state index in [0.717, 1.165) is 18.2 Å². The van der Waals surface area contributed by atoms with E-state index in [2.05, 4.69) is 10.6 Å². The van der Waals surface area contributed by atoms with Gasteiger partial charge in [0.15, 0.2) is 11.6 Å². The van der Waals surface area contributed by atoms with Crippen molar-refractivity contribution in [3.05, 3.63) is 70.2 Å². The Morgan fingerprint density at radius 2 is 1.83 bits per heavy atom. The second-order valence-electron chi connectivity index (χ2n) is 8.90. The number of nitrogens with one attached hydrogen (secondary N) is 2. The molecule has 5 N–H and O–H groups in total. The van der Waals surface area contributed by atoms with Crippen LogP contribution >= 0.6 is 23.2 Å². The number of alkyl halides is 1. The van der Waals surface area contributed by atoms with Crippen LogP contribution in [0.4, 0.5) is 8.78 Å². The van der Waals surface area contributed by atoms with Crippen LogP contribution in [0.2, 0.25) is 5.02 Å². The molecule has 11 nitrogen and oxygen atoms in total. The van der Waals surface area contributed by atoms with Gasteiger partial charge in [-0.2, -0.15) is 0 Å². The third kappa shape index (κ3) is 8.80. The van der Waals surface area contributed by atoms with Crippen LogP contribution in [0.15, 0.2) is 42.5 Å². The van der Waals surface area contributed by atoms with Gasteiger partial charge in [-0.25, -0.2) is 8.78 Å². The van der Waals surface area contributed by atoms with E-state index in [9.17, 15) is 43.6 Å². The van der Waals surface area contributed by atoms with Crippen LogP contribution in [0, 0.1) is 11.6 Å². The van der Waals surface area contributed by atoms with Gasteiger partial charge in [-0.05, 0) is 30.3 Å². The van der Waals surface area contributed by atoms with E-state index in [1.54, 1.807) is 0 Å². The number of benzene rings is 2. The van der Waals surface area contributed by atoms with Crippen LogP contribution < -0.4 is 45.3 Å². The second-order valence-corrected chi connectivity index (χ2v) is 9.60. The number of carbonyl (C=O) groups excluding carboxylic acids is 3. The number of rotatable bonds is 11. The number of aliphatic hydroxyl groups excluding tert-OH is 3. The first-order valence-electron chi connectivity index (χ1n) is 11.8. The molecule has 2 aromatic rings. The van der Waals surface area contributed by atoms with Gasteiger partial charge in [-0.15, -0.1) is 11.6 Å². The molecule has 0 aromatic heterocycles. The van der Waals surface area contributed by atoms with Crippen molar-refractivity contribution in [2.45, 2.75) is 49.3 Å². The summed E-state index contributed by atoms with van der Waals surface area (Å²) in [5, 5.41) is 49.4. The minimum atomic E-state index is -2.84. The van der Waals surface area contributed by atoms with Crippen LogP contribution in [-0.4, -0.2) is 81.8 Å². The summed E-state index contributed by atoms with van der Waals surface area (Å²) in [6.07, 6.45) is -8.43. The molecule has 0 aliphatic carbocycles. The Labute approximate surface area is 265 Å². The SMILES string of the molecule is O=C(CCl)N[C@H]1[C@H]([C@H](O)[C@H](O)CNC(=O)c2ccc(Cl)cc2)O[C@@](OCc2cccc(F)c2F)(C(=O)[O-])C[C@@H]1O.[Na+]. The fraction of sp³-hybridized carbons (Fsp3) is 0.400. The Morgan fingerprint density at radius 1 is 1.17 bits per heavy atom. The van der Waals surface area contributed by atoms with Crippen molar-refractivity contribution in [2.24, 2.45) is 0 Å². The van der Waals surface area contributed by atoms with Crippen molar-refractivity contribution in [3.8, 4) is 0 Å². The molecule has 6 atom stereocenters. The monoisotopic (exact) mass is 628 g/mol. The first kappa shape index (κ1) is 35.3. The Balaban J connectivity index is 0.00000588. The molecule has 2 aromatic carbocycles. The number of carboxylic acids is 1. The summed E-state index contributed by atoms with van der Waals surface area (Å²) in [5.74, 6) is -9.49. The quantitative estimate of drug-likeness (QED) is 0.125. The molecule has 1 fully saturated rings.